The highest BCUT2D eigenvalue weighted by atomic mass is 35.5. The first-order valence-corrected chi connectivity index (χ1v) is 9.48. The maximum absolute atomic E-state index is 12.2. The minimum atomic E-state index is -0.286. The molecule has 1 aromatic rings. The molecule has 2 amide bonds. The van der Waals surface area contributed by atoms with Crippen molar-refractivity contribution in [1.29, 1.82) is 0 Å². The van der Waals surface area contributed by atoms with Crippen molar-refractivity contribution in [3.05, 3.63) is 27.6 Å². The van der Waals surface area contributed by atoms with E-state index in [9.17, 15) is 9.59 Å². The number of benzene rings is 1. The van der Waals surface area contributed by atoms with Crippen molar-refractivity contribution in [1.82, 2.24) is 4.90 Å². The van der Waals surface area contributed by atoms with Crippen LogP contribution in [0.5, 0.6) is 11.5 Å². The van der Waals surface area contributed by atoms with Crippen molar-refractivity contribution in [2.45, 2.75) is 40.2 Å². The molecular weight excluding hydrogens is 362 g/mol. The van der Waals surface area contributed by atoms with Gasteiger partial charge in [0.15, 0.2) is 11.5 Å². The van der Waals surface area contributed by atoms with E-state index in [2.05, 4.69) is 0 Å². The Morgan fingerprint density at radius 2 is 2.00 bits per heavy atom. The van der Waals surface area contributed by atoms with Gasteiger partial charge in [0.05, 0.1) is 22.6 Å². The number of hydrogen-bond acceptors (Lipinski definition) is 5. The molecule has 2 rings (SSSR count). The molecule has 25 heavy (non-hydrogen) atoms. The van der Waals surface area contributed by atoms with Gasteiger partial charge in [0, 0.05) is 6.54 Å². The van der Waals surface area contributed by atoms with E-state index in [1.165, 1.54) is 4.90 Å². The van der Waals surface area contributed by atoms with E-state index in [0.717, 1.165) is 18.2 Å². The van der Waals surface area contributed by atoms with Crippen LogP contribution in [0.2, 0.25) is 5.02 Å². The van der Waals surface area contributed by atoms with Crippen molar-refractivity contribution in [3.8, 4) is 11.5 Å². The Kier molecular flexibility index (Phi) is 6.79. The van der Waals surface area contributed by atoms with Gasteiger partial charge in [-0.1, -0.05) is 18.5 Å². The molecule has 1 aliphatic heterocycles. The summed E-state index contributed by atoms with van der Waals surface area (Å²) in [5, 5.41) is 0.152. The molecule has 1 aromatic carbocycles. The number of carbonyl (C=O) groups excluding carboxylic acids is 2. The summed E-state index contributed by atoms with van der Waals surface area (Å²) in [7, 11) is 0. The first kappa shape index (κ1) is 19.7. The van der Waals surface area contributed by atoms with Gasteiger partial charge in [-0.3, -0.25) is 14.5 Å². The van der Waals surface area contributed by atoms with Crippen molar-refractivity contribution in [2.24, 2.45) is 0 Å². The van der Waals surface area contributed by atoms with E-state index in [0.29, 0.717) is 40.1 Å². The summed E-state index contributed by atoms with van der Waals surface area (Å²) < 4.78 is 11.5. The van der Waals surface area contributed by atoms with E-state index >= 15 is 0 Å². The molecular formula is C18H22ClNO4S. The van der Waals surface area contributed by atoms with Crippen LogP contribution in [0, 0.1) is 0 Å². The number of ether oxygens (including phenoxy) is 2. The quantitative estimate of drug-likeness (QED) is 0.622. The summed E-state index contributed by atoms with van der Waals surface area (Å²) in [6, 6.07) is 3.48. The van der Waals surface area contributed by atoms with Crippen LogP contribution in [0.4, 0.5) is 4.79 Å². The summed E-state index contributed by atoms with van der Waals surface area (Å²) in [5.41, 5.74) is 0.687. The predicted molar refractivity (Wildman–Crippen MR) is 101 cm³/mol. The second kappa shape index (κ2) is 8.63. The Hall–Kier alpha value is -1.66. The average molecular weight is 384 g/mol. The molecule has 1 fully saturated rings. The van der Waals surface area contributed by atoms with E-state index in [4.69, 9.17) is 21.1 Å². The highest BCUT2D eigenvalue weighted by Gasteiger charge is 2.33. The van der Waals surface area contributed by atoms with Crippen molar-refractivity contribution in [2.75, 3.05) is 13.2 Å². The van der Waals surface area contributed by atoms with Crippen LogP contribution in [-0.2, 0) is 4.79 Å². The van der Waals surface area contributed by atoms with E-state index < -0.39 is 0 Å². The highest BCUT2D eigenvalue weighted by molar-refractivity contribution is 8.18. The number of carbonyl (C=O) groups is 2. The van der Waals surface area contributed by atoms with Gasteiger partial charge in [0.2, 0.25) is 0 Å². The number of amides is 2. The number of likely N-dealkylation sites (N-methyl/N-ethyl adjacent to an activating group) is 1. The molecule has 0 spiro atoms. The third kappa shape index (κ3) is 4.50. The summed E-state index contributed by atoms with van der Waals surface area (Å²) in [4.78, 5) is 25.6. The molecule has 1 aliphatic rings. The lowest BCUT2D eigenvalue weighted by Crippen LogP contribution is -2.27. The summed E-state index contributed by atoms with van der Waals surface area (Å²) in [5.74, 6) is 0.736. The highest BCUT2D eigenvalue weighted by Crippen LogP contribution is 2.39. The lowest BCUT2D eigenvalue weighted by Gasteiger charge is -2.18. The van der Waals surface area contributed by atoms with Gasteiger partial charge >= 0.3 is 0 Å². The van der Waals surface area contributed by atoms with E-state index in [-0.39, 0.29) is 17.3 Å². The molecule has 0 bridgehead atoms. The zero-order chi connectivity index (χ0) is 18.6. The molecule has 1 saturated heterocycles. The Morgan fingerprint density at radius 3 is 2.56 bits per heavy atom. The monoisotopic (exact) mass is 383 g/mol. The first-order chi connectivity index (χ1) is 11.9. The van der Waals surface area contributed by atoms with Crippen LogP contribution in [0.3, 0.4) is 0 Å². The van der Waals surface area contributed by atoms with Crippen LogP contribution in [0.15, 0.2) is 17.0 Å². The molecule has 0 aliphatic carbocycles. The van der Waals surface area contributed by atoms with Gasteiger partial charge in [0.1, 0.15) is 0 Å². The summed E-state index contributed by atoms with van der Waals surface area (Å²) in [6.07, 6.45) is 2.50. The standard InChI is InChI=1S/C18H22ClNO4S/c1-5-11(4)24-16-13(19)8-12(9-14(16)23-7-3)10-15-17(21)20(6-2)18(22)25-15/h8-11H,5-7H2,1-4H3/b15-10+/t11-/m0/s1. The van der Waals surface area contributed by atoms with Crippen LogP contribution >= 0.6 is 23.4 Å². The fourth-order valence-electron chi connectivity index (χ4n) is 2.26. The third-order valence-corrected chi connectivity index (χ3v) is 4.90. The first-order valence-electron chi connectivity index (χ1n) is 8.29. The Labute approximate surface area is 157 Å². The topological polar surface area (TPSA) is 55.8 Å². The predicted octanol–water partition coefficient (Wildman–Crippen LogP) is 4.97. The van der Waals surface area contributed by atoms with Gasteiger partial charge in [-0.05, 0) is 62.7 Å². The molecule has 0 N–H and O–H groups in total. The molecule has 5 nitrogen and oxygen atoms in total. The molecule has 0 aromatic heterocycles. The van der Waals surface area contributed by atoms with E-state index in [1.54, 1.807) is 25.1 Å². The number of nitrogens with zero attached hydrogens (tertiary/aromatic N) is 1. The lowest BCUT2D eigenvalue weighted by atomic mass is 10.1. The molecule has 0 radical (unpaired) electrons. The fourth-order valence-corrected chi connectivity index (χ4v) is 3.42. The summed E-state index contributed by atoms with van der Waals surface area (Å²) in [6.45, 7) is 8.44. The van der Waals surface area contributed by atoms with Crippen molar-refractivity contribution in [3.63, 3.8) is 0 Å². The van der Waals surface area contributed by atoms with Crippen LogP contribution in [0.1, 0.15) is 39.7 Å². The van der Waals surface area contributed by atoms with Gasteiger partial charge < -0.3 is 9.47 Å². The molecule has 7 heteroatoms. The van der Waals surface area contributed by atoms with Gasteiger partial charge in [-0.15, -0.1) is 0 Å². The van der Waals surface area contributed by atoms with Crippen LogP contribution in [0.25, 0.3) is 6.08 Å². The van der Waals surface area contributed by atoms with Crippen molar-refractivity contribution >= 4 is 40.6 Å². The second-order valence-electron chi connectivity index (χ2n) is 5.53. The maximum Gasteiger partial charge on any atom is 0.293 e. The Morgan fingerprint density at radius 1 is 1.28 bits per heavy atom. The molecule has 0 unspecified atom stereocenters. The smallest absolute Gasteiger partial charge is 0.293 e. The van der Waals surface area contributed by atoms with Crippen molar-refractivity contribution < 1.29 is 19.1 Å². The number of rotatable bonds is 7. The molecule has 1 heterocycles. The Balaban J connectivity index is 2.38. The lowest BCUT2D eigenvalue weighted by molar-refractivity contribution is -0.122. The van der Waals surface area contributed by atoms with E-state index in [1.807, 2.05) is 20.8 Å². The second-order valence-corrected chi connectivity index (χ2v) is 6.93. The average Bonchev–Trinajstić information content (AvgIpc) is 2.84. The van der Waals surface area contributed by atoms with Gasteiger partial charge in [-0.2, -0.15) is 0 Å². The largest absolute Gasteiger partial charge is 0.490 e. The fraction of sp³-hybridized carbons (Fsp3) is 0.444. The summed E-state index contributed by atoms with van der Waals surface area (Å²) >= 11 is 7.30. The van der Waals surface area contributed by atoms with Gasteiger partial charge in [0.25, 0.3) is 11.1 Å². The normalized spacial score (nSPS) is 17.3. The molecule has 1 atom stereocenters. The molecule has 136 valence electrons. The third-order valence-electron chi connectivity index (χ3n) is 3.71. The number of hydrogen-bond donors (Lipinski definition) is 0. The Bertz CT molecular complexity index is 705. The minimum Gasteiger partial charge on any atom is -0.490 e. The number of imide groups is 1. The SMILES string of the molecule is CCOc1cc(/C=C2/SC(=O)N(CC)C2=O)cc(Cl)c1O[C@@H](C)CC. The van der Waals surface area contributed by atoms with Crippen LogP contribution in [-0.4, -0.2) is 35.3 Å². The maximum atomic E-state index is 12.2. The minimum absolute atomic E-state index is 0.00334. The zero-order valence-electron chi connectivity index (χ0n) is 14.8. The molecule has 0 saturated carbocycles. The van der Waals surface area contributed by atoms with Gasteiger partial charge in [-0.25, -0.2) is 0 Å². The number of thioether (sulfide) groups is 1. The van der Waals surface area contributed by atoms with Crippen LogP contribution < -0.4 is 9.47 Å². The number of halogens is 1. The zero-order valence-corrected chi connectivity index (χ0v) is 16.4.